The summed E-state index contributed by atoms with van der Waals surface area (Å²) in [5, 5.41) is 2.35. The molecule has 1 aromatic rings. The van der Waals surface area contributed by atoms with Crippen LogP contribution in [0.1, 0.15) is 12.0 Å². The fourth-order valence-corrected chi connectivity index (χ4v) is 1.01. The van der Waals surface area contributed by atoms with E-state index in [1.807, 2.05) is 30.3 Å². The fraction of sp³-hybridized carbons (Fsp3) is 0.273. The fourth-order valence-electron chi connectivity index (χ4n) is 1.01. The molecule has 0 saturated carbocycles. The lowest BCUT2D eigenvalue weighted by Crippen LogP contribution is -2.17. The Kier molecular flexibility index (Phi) is 5.65. The van der Waals surface area contributed by atoms with E-state index in [4.69, 9.17) is 4.89 Å². The number of nitrogens with one attached hydrogen (secondary N) is 1. The smallest absolute Gasteiger partial charge is 0.344 e. The van der Waals surface area contributed by atoms with E-state index in [0.717, 1.165) is 5.56 Å². The van der Waals surface area contributed by atoms with Gasteiger partial charge in [0.15, 0.2) is 0 Å². The molecule has 0 saturated heterocycles. The van der Waals surface area contributed by atoms with Crippen molar-refractivity contribution in [2.45, 2.75) is 13.0 Å². The maximum absolute atomic E-state index is 11.0. The molecular formula is C11H13NO4. The summed E-state index contributed by atoms with van der Waals surface area (Å²) in [6.45, 7) is 0.463. The lowest BCUT2D eigenvalue weighted by Gasteiger charge is -2.03. The molecule has 1 aromatic carbocycles. The molecule has 5 heteroatoms. The van der Waals surface area contributed by atoms with E-state index in [0.29, 0.717) is 6.41 Å². The van der Waals surface area contributed by atoms with E-state index >= 15 is 0 Å². The van der Waals surface area contributed by atoms with E-state index in [-0.39, 0.29) is 19.6 Å². The van der Waals surface area contributed by atoms with E-state index in [1.165, 1.54) is 0 Å². The Morgan fingerprint density at radius 2 is 2.06 bits per heavy atom. The molecule has 0 spiro atoms. The van der Waals surface area contributed by atoms with Gasteiger partial charge in [-0.2, -0.15) is 4.89 Å². The highest BCUT2D eigenvalue weighted by atomic mass is 17.2. The van der Waals surface area contributed by atoms with Crippen molar-refractivity contribution in [3.05, 3.63) is 35.9 Å². The summed E-state index contributed by atoms with van der Waals surface area (Å²) >= 11 is 0. The highest BCUT2D eigenvalue weighted by molar-refractivity contribution is 5.69. The van der Waals surface area contributed by atoms with Gasteiger partial charge in [-0.3, -0.25) is 9.68 Å². The summed E-state index contributed by atoms with van der Waals surface area (Å²) in [6, 6.07) is 9.35. The third kappa shape index (κ3) is 5.11. The van der Waals surface area contributed by atoms with Crippen LogP contribution in [0.3, 0.4) is 0 Å². The zero-order valence-electron chi connectivity index (χ0n) is 8.72. The van der Waals surface area contributed by atoms with Gasteiger partial charge >= 0.3 is 5.97 Å². The standard InChI is InChI=1S/C11H13NO4/c13-9-12-7-6-11(14)16-15-8-10-4-2-1-3-5-10/h1-5,9H,6-8H2,(H,12,13). The molecule has 0 aliphatic carbocycles. The molecule has 0 bridgehead atoms. The van der Waals surface area contributed by atoms with Gasteiger partial charge in [-0.1, -0.05) is 30.3 Å². The number of carbonyl (C=O) groups excluding carboxylic acids is 2. The molecule has 1 N–H and O–H groups in total. The minimum absolute atomic E-state index is 0.0908. The van der Waals surface area contributed by atoms with Gasteiger partial charge < -0.3 is 5.32 Å². The van der Waals surface area contributed by atoms with Crippen molar-refractivity contribution in [3.8, 4) is 0 Å². The third-order valence-electron chi connectivity index (χ3n) is 1.78. The van der Waals surface area contributed by atoms with Crippen LogP contribution in [0.15, 0.2) is 30.3 Å². The molecule has 0 fully saturated rings. The van der Waals surface area contributed by atoms with Crippen molar-refractivity contribution >= 4 is 12.4 Å². The van der Waals surface area contributed by atoms with Crippen LogP contribution in [0, 0.1) is 0 Å². The number of amides is 1. The van der Waals surface area contributed by atoms with Crippen LogP contribution in [0.25, 0.3) is 0 Å². The SMILES string of the molecule is O=CNCCC(=O)OOCc1ccccc1. The van der Waals surface area contributed by atoms with Gasteiger partial charge in [0.25, 0.3) is 0 Å². The molecule has 16 heavy (non-hydrogen) atoms. The first kappa shape index (κ1) is 12.2. The summed E-state index contributed by atoms with van der Waals surface area (Å²) in [6.07, 6.45) is 0.617. The number of hydrogen-bond donors (Lipinski definition) is 1. The minimum atomic E-state index is -0.509. The Morgan fingerprint density at radius 3 is 2.75 bits per heavy atom. The van der Waals surface area contributed by atoms with E-state index in [9.17, 15) is 9.59 Å². The number of rotatable bonds is 7. The molecule has 0 unspecified atom stereocenters. The van der Waals surface area contributed by atoms with Crippen molar-refractivity contribution in [2.75, 3.05) is 6.54 Å². The summed E-state index contributed by atoms with van der Waals surface area (Å²) in [7, 11) is 0. The van der Waals surface area contributed by atoms with Gasteiger partial charge in [0, 0.05) is 6.54 Å². The molecule has 1 rings (SSSR count). The van der Waals surface area contributed by atoms with Gasteiger partial charge in [-0.15, -0.1) is 0 Å². The number of carbonyl (C=O) groups is 2. The zero-order valence-corrected chi connectivity index (χ0v) is 8.72. The first-order chi connectivity index (χ1) is 7.83. The normalized spacial score (nSPS) is 9.50. The Labute approximate surface area is 93.3 Å². The molecular weight excluding hydrogens is 210 g/mol. The highest BCUT2D eigenvalue weighted by Gasteiger charge is 2.03. The molecule has 86 valence electrons. The molecule has 0 atom stereocenters. The number of hydrogen-bond acceptors (Lipinski definition) is 4. The molecule has 0 aliphatic rings. The van der Waals surface area contributed by atoms with Crippen molar-refractivity contribution < 1.29 is 19.4 Å². The second-order valence-corrected chi connectivity index (χ2v) is 3.03. The molecule has 1 amide bonds. The van der Waals surface area contributed by atoms with Crippen LogP contribution >= 0.6 is 0 Å². The highest BCUT2D eigenvalue weighted by Crippen LogP contribution is 2.01. The Hall–Kier alpha value is -1.88. The van der Waals surface area contributed by atoms with Gasteiger partial charge in [-0.05, 0) is 5.56 Å². The molecule has 0 radical (unpaired) electrons. The topological polar surface area (TPSA) is 64.6 Å². The van der Waals surface area contributed by atoms with E-state index < -0.39 is 5.97 Å². The molecule has 0 aromatic heterocycles. The molecule has 0 aliphatic heterocycles. The average Bonchev–Trinajstić information content (AvgIpc) is 2.31. The van der Waals surface area contributed by atoms with Gasteiger partial charge in [0.1, 0.15) is 6.61 Å². The first-order valence-electron chi connectivity index (χ1n) is 4.86. The predicted molar refractivity (Wildman–Crippen MR) is 56.0 cm³/mol. The van der Waals surface area contributed by atoms with Crippen LogP contribution < -0.4 is 5.32 Å². The summed E-state index contributed by atoms with van der Waals surface area (Å²) < 4.78 is 0. The van der Waals surface area contributed by atoms with Gasteiger partial charge in [0.05, 0.1) is 6.42 Å². The lowest BCUT2D eigenvalue weighted by atomic mass is 10.2. The van der Waals surface area contributed by atoms with Crippen LogP contribution in [0.5, 0.6) is 0 Å². The lowest BCUT2D eigenvalue weighted by molar-refractivity contribution is -0.279. The first-order valence-corrected chi connectivity index (χ1v) is 4.86. The van der Waals surface area contributed by atoms with E-state index in [1.54, 1.807) is 0 Å². The monoisotopic (exact) mass is 223 g/mol. The van der Waals surface area contributed by atoms with Crippen molar-refractivity contribution in [2.24, 2.45) is 0 Å². The van der Waals surface area contributed by atoms with Crippen LogP contribution in [-0.2, 0) is 26.0 Å². The largest absolute Gasteiger partial charge is 0.358 e. The summed E-state index contributed by atoms with van der Waals surface area (Å²) in [4.78, 5) is 30.1. The van der Waals surface area contributed by atoms with E-state index in [2.05, 4.69) is 10.2 Å². The van der Waals surface area contributed by atoms with Gasteiger partial charge in [0.2, 0.25) is 6.41 Å². The Balaban J connectivity index is 2.11. The van der Waals surface area contributed by atoms with Crippen LogP contribution in [-0.4, -0.2) is 18.9 Å². The Morgan fingerprint density at radius 1 is 1.31 bits per heavy atom. The summed E-state index contributed by atoms with van der Waals surface area (Å²) in [5.74, 6) is -0.509. The summed E-state index contributed by atoms with van der Waals surface area (Å²) in [5.41, 5.74) is 0.918. The van der Waals surface area contributed by atoms with Gasteiger partial charge in [-0.25, -0.2) is 4.79 Å². The second-order valence-electron chi connectivity index (χ2n) is 3.03. The van der Waals surface area contributed by atoms with Crippen molar-refractivity contribution in [3.63, 3.8) is 0 Å². The predicted octanol–water partition coefficient (Wildman–Crippen LogP) is 0.797. The second kappa shape index (κ2) is 7.42. The van der Waals surface area contributed by atoms with Crippen LogP contribution in [0.2, 0.25) is 0 Å². The van der Waals surface area contributed by atoms with Crippen molar-refractivity contribution in [1.82, 2.24) is 5.32 Å². The Bertz CT molecular complexity index is 326. The maximum atomic E-state index is 11.0. The quantitative estimate of drug-likeness (QED) is 0.321. The van der Waals surface area contributed by atoms with Crippen LogP contribution in [0.4, 0.5) is 0 Å². The third-order valence-corrected chi connectivity index (χ3v) is 1.78. The maximum Gasteiger partial charge on any atom is 0.344 e. The average molecular weight is 223 g/mol. The zero-order chi connectivity index (χ0) is 11.6. The minimum Gasteiger partial charge on any atom is -0.358 e. The molecule has 5 nitrogen and oxygen atoms in total. The number of benzene rings is 1. The molecule has 0 heterocycles. The van der Waals surface area contributed by atoms with Crippen molar-refractivity contribution in [1.29, 1.82) is 0 Å².